The van der Waals surface area contributed by atoms with Crippen LogP contribution in [0, 0.1) is 0 Å². The minimum atomic E-state index is -4.53. The van der Waals surface area contributed by atoms with Gasteiger partial charge < -0.3 is 19.4 Å². The van der Waals surface area contributed by atoms with Crippen molar-refractivity contribution in [2.75, 3.05) is 44.2 Å². The Morgan fingerprint density at radius 2 is 1.51 bits per heavy atom. The highest BCUT2D eigenvalue weighted by Gasteiger charge is 2.46. The Bertz CT molecular complexity index is 1500. The Labute approximate surface area is 248 Å². The molecule has 4 aromatic rings. The SMILES string of the molecule is O=C(NCC(F)(F)F)OC1(CCCCN2CCN(c3ncc(-c4ccccc4)o3)CC2)c2ccccc2-c2ccccc21. The van der Waals surface area contributed by atoms with Gasteiger partial charge in [0.1, 0.15) is 6.54 Å². The van der Waals surface area contributed by atoms with Crippen molar-refractivity contribution in [1.82, 2.24) is 15.2 Å². The summed E-state index contributed by atoms with van der Waals surface area (Å²) >= 11 is 0. The Hall–Kier alpha value is -4.31. The van der Waals surface area contributed by atoms with Crippen molar-refractivity contribution in [1.29, 1.82) is 0 Å². The molecule has 1 aromatic heterocycles. The van der Waals surface area contributed by atoms with Crippen LogP contribution in [0.15, 0.2) is 89.5 Å². The molecule has 0 radical (unpaired) electrons. The van der Waals surface area contributed by atoms with Crippen molar-refractivity contribution in [3.63, 3.8) is 0 Å². The topological polar surface area (TPSA) is 70.8 Å². The average Bonchev–Trinajstić information content (AvgIpc) is 3.62. The number of fused-ring (bicyclic) bond motifs is 3. The molecule has 10 heteroatoms. The number of ether oxygens (including phenoxy) is 1. The molecular formula is C33H33F3N4O3. The second-order valence-electron chi connectivity index (χ2n) is 10.9. The fourth-order valence-electron chi connectivity index (χ4n) is 6.10. The molecule has 0 spiro atoms. The molecule has 2 heterocycles. The fourth-order valence-corrected chi connectivity index (χ4v) is 6.10. The number of piperazine rings is 1. The summed E-state index contributed by atoms with van der Waals surface area (Å²) in [5.74, 6) is 0.747. The lowest BCUT2D eigenvalue weighted by atomic mass is 9.86. The number of nitrogens with zero attached hydrogens (tertiary/aromatic N) is 3. The third-order valence-corrected chi connectivity index (χ3v) is 8.16. The smallest absolute Gasteiger partial charge is 0.408 e. The van der Waals surface area contributed by atoms with E-state index in [0.717, 1.165) is 79.1 Å². The van der Waals surface area contributed by atoms with E-state index in [0.29, 0.717) is 12.4 Å². The molecule has 0 bridgehead atoms. The fraction of sp³-hybridized carbons (Fsp3) is 0.333. The first-order valence-electron chi connectivity index (χ1n) is 14.5. The number of oxazole rings is 1. The van der Waals surface area contributed by atoms with Gasteiger partial charge in [0.05, 0.1) is 6.20 Å². The minimum absolute atomic E-state index is 0.457. The van der Waals surface area contributed by atoms with Gasteiger partial charge in [0, 0.05) is 42.9 Å². The van der Waals surface area contributed by atoms with Gasteiger partial charge in [-0.1, -0.05) is 78.9 Å². The first-order valence-corrected chi connectivity index (χ1v) is 14.5. The third-order valence-electron chi connectivity index (χ3n) is 8.16. The zero-order valence-corrected chi connectivity index (χ0v) is 23.6. The maximum absolute atomic E-state index is 12.8. The molecule has 1 aliphatic heterocycles. The van der Waals surface area contributed by atoms with E-state index in [4.69, 9.17) is 9.15 Å². The molecule has 43 heavy (non-hydrogen) atoms. The third kappa shape index (κ3) is 6.24. The highest BCUT2D eigenvalue weighted by Crippen LogP contribution is 2.52. The van der Waals surface area contributed by atoms with Crippen molar-refractivity contribution in [3.05, 3.63) is 96.2 Å². The first-order chi connectivity index (χ1) is 20.8. The zero-order chi connectivity index (χ0) is 29.9. The molecule has 6 rings (SSSR count). The van der Waals surface area contributed by atoms with Crippen LogP contribution in [0.25, 0.3) is 22.5 Å². The van der Waals surface area contributed by atoms with Crippen LogP contribution in [0.5, 0.6) is 0 Å². The quantitative estimate of drug-likeness (QED) is 0.215. The van der Waals surface area contributed by atoms with Gasteiger partial charge >= 0.3 is 12.3 Å². The van der Waals surface area contributed by atoms with Crippen molar-refractivity contribution < 1.29 is 27.1 Å². The van der Waals surface area contributed by atoms with Crippen molar-refractivity contribution in [2.24, 2.45) is 0 Å². The molecule has 3 aromatic carbocycles. The molecule has 7 nitrogen and oxygen atoms in total. The predicted octanol–water partition coefficient (Wildman–Crippen LogP) is 6.85. The van der Waals surface area contributed by atoms with Crippen LogP contribution in [0.3, 0.4) is 0 Å². The van der Waals surface area contributed by atoms with E-state index < -0.39 is 24.4 Å². The second kappa shape index (κ2) is 12.1. The van der Waals surface area contributed by atoms with Crippen LogP contribution < -0.4 is 10.2 Å². The largest absolute Gasteiger partial charge is 0.433 e. The molecule has 1 fully saturated rings. The molecule has 2 aliphatic rings. The Kier molecular flexibility index (Phi) is 8.12. The number of amides is 1. The molecule has 1 saturated heterocycles. The number of hydrogen-bond donors (Lipinski definition) is 1. The minimum Gasteiger partial charge on any atom is -0.433 e. The number of aromatic nitrogens is 1. The Morgan fingerprint density at radius 3 is 2.16 bits per heavy atom. The number of hydrogen-bond acceptors (Lipinski definition) is 6. The number of carbonyl (C=O) groups excluding carboxylic acids is 1. The van der Waals surface area contributed by atoms with E-state index in [1.807, 2.05) is 84.2 Å². The van der Waals surface area contributed by atoms with Gasteiger partial charge in [0.2, 0.25) is 0 Å². The Morgan fingerprint density at radius 1 is 0.884 bits per heavy atom. The van der Waals surface area contributed by atoms with Gasteiger partial charge in [-0.2, -0.15) is 13.2 Å². The van der Waals surface area contributed by atoms with Crippen LogP contribution in [0.2, 0.25) is 0 Å². The van der Waals surface area contributed by atoms with Gasteiger partial charge in [-0.3, -0.25) is 4.90 Å². The summed E-state index contributed by atoms with van der Waals surface area (Å²) in [5, 5.41) is 1.89. The first kappa shape index (κ1) is 28.8. The Balaban J connectivity index is 1.08. The highest BCUT2D eigenvalue weighted by atomic mass is 19.4. The average molecular weight is 591 g/mol. The van der Waals surface area contributed by atoms with Gasteiger partial charge in [-0.15, -0.1) is 0 Å². The van der Waals surface area contributed by atoms with Gasteiger partial charge in [-0.25, -0.2) is 9.78 Å². The number of rotatable bonds is 9. The number of anilines is 1. The van der Waals surface area contributed by atoms with Crippen LogP contribution in [0.4, 0.5) is 24.0 Å². The summed E-state index contributed by atoms with van der Waals surface area (Å²) < 4.78 is 50.5. The van der Waals surface area contributed by atoms with Gasteiger partial charge in [-0.05, 0) is 36.9 Å². The predicted molar refractivity (Wildman–Crippen MR) is 158 cm³/mol. The number of carbonyl (C=O) groups is 1. The summed E-state index contributed by atoms with van der Waals surface area (Å²) in [7, 11) is 0. The summed E-state index contributed by atoms with van der Waals surface area (Å²) in [6.45, 7) is 2.71. The number of halogens is 3. The highest BCUT2D eigenvalue weighted by molar-refractivity contribution is 5.82. The number of alkyl carbamates (subject to hydrolysis) is 1. The summed E-state index contributed by atoms with van der Waals surface area (Å²) in [6.07, 6.45) is -1.83. The lowest BCUT2D eigenvalue weighted by molar-refractivity contribution is -0.124. The molecule has 224 valence electrons. The van der Waals surface area contributed by atoms with E-state index in [2.05, 4.69) is 14.8 Å². The zero-order valence-electron chi connectivity index (χ0n) is 23.6. The molecule has 1 amide bonds. The number of unbranched alkanes of at least 4 members (excludes halogenated alkanes) is 1. The number of alkyl halides is 3. The number of benzene rings is 3. The standard InChI is InChI=1S/C33H33F3N4O3/c34-33(35,36)23-38-31(41)43-32(27-14-6-4-12-25(27)26-13-5-7-15-28(26)32)16-8-9-17-39-18-20-40(21-19-39)30-37-22-29(42-30)24-10-2-1-3-11-24/h1-7,10-15,22H,8-9,16-21,23H2,(H,38,41). The summed E-state index contributed by atoms with van der Waals surface area (Å²) in [5.41, 5.74) is 3.29. The van der Waals surface area contributed by atoms with Crippen molar-refractivity contribution >= 4 is 12.1 Å². The second-order valence-corrected chi connectivity index (χ2v) is 10.9. The normalized spacial score (nSPS) is 16.0. The number of nitrogens with one attached hydrogen (secondary N) is 1. The molecule has 1 N–H and O–H groups in total. The molecule has 0 atom stereocenters. The lowest BCUT2D eigenvalue weighted by Crippen LogP contribution is -2.46. The van der Waals surface area contributed by atoms with E-state index in [1.54, 1.807) is 6.20 Å². The van der Waals surface area contributed by atoms with Crippen LogP contribution in [0.1, 0.15) is 30.4 Å². The maximum atomic E-state index is 12.8. The van der Waals surface area contributed by atoms with E-state index >= 15 is 0 Å². The monoisotopic (exact) mass is 590 g/mol. The lowest BCUT2D eigenvalue weighted by Gasteiger charge is -2.34. The molecular weight excluding hydrogens is 557 g/mol. The summed E-state index contributed by atoms with van der Waals surface area (Å²) in [4.78, 5) is 21.7. The van der Waals surface area contributed by atoms with E-state index in [1.165, 1.54) is 0 Å². The van der Waals surface area contributed by atoms with Crippen LogP contribution in [-0.4, -0.2) is 61.4 Å². The van der Waals surface area contributed by atoms with E-state index in [-0.39, 0.29) is 0 Å². The van der Waals surface area contributed by atoms with Gasteiger partial charge in [0.25, 0.3) is 6.01 Å². The molecule has 1 aliphatic carbocycles. The van der Waals surface area contributed by atoms with Crippen molar-refractivity contribution in [3.8, 4) is 22.5 Å². The van der Waals surface area contributed by atoms with Crippen LogP contribution >= 0.6 is 0 Å². The molecule has 0 saturated carbocycles. The van der Waals surface area contributed by atoms with Crippen LogP contribution in [-0.2, 0) is 10.3 Å². The maximum Gasteiger partial charge on any atom is 0.408 e. The van der Waals surface area contributed by atoms with E-state index in [9.17, 15) is 18.0 Å². The van der Waals surface area contributed by atoms with Crippen molar-refractivity contribution in [2.45, 2.75) is 31.0 Å². The summed E-state index contributed by atoms with van der Waals surface area (Å²) in [6, 6.07) is 25.8. The molecule has 0 unspecified atom stereocenters. The van der Waals surface area contributed by atoms with Gasteiger partial charge in [0.15, 0.2) is 11.4 Å².